The SMILES string of the molecule is CC1CCCc2c(Cl)nc(Cl)nc21. The minimum atomic E-state index is 0.262. The van der Waals surface area contributed by atoms with Crippen LogP contribution >= 0.6 is 23.2 Å². The predicted octanol–water partition coefficient (Wildman–Crippen LogP) is 3.22. The molecule has 1 aromatic rings. The lowest BCUT2D eigenvalue weighted by atomic mass is 9.89. The number of aromatic nitrogens is 2. The summed E-state index contributed by atoms with van der Waals surface area (Å²) in [5.41, 5.74) is 2.13. The lowest BCUT2D eigenvalue weighted by Crippen LogP contribution is -2.11. The van der Waals surface area contributed by atoms with Crippen LogP contribution < -0.4 is 0 Å². The summed E-state index contributed by atoms with van der Waals surface area (Å²) in [6.07, 6.45) is 3.31. The molecule has 0 aromatic carbocycles. The molecule has 2 rings (SSSR count). The fourth-order valence-electron chi connectivity index (χ4n) is 1.81. The van der Waals surface area contributed by atoms with Crippen molar-refractivity contribution in [2.24, 2.45) is 0 Å². The maximum atomic E-state index is 5.98. The molecule has 0 aliphatic heterocycles. The Kier molecular flexibility index (Phi) is 2.43. The zero-order valence-electron chi connectivity index (χ0n) is 7.35. The first-order chi connectivity index (χ1) is 6.18. The number of nitrogens with zero attached hydrogens (tertiary/aromatic N) is 2. The molecule has 2 nitrogen and oxygen atoms in total. The minimum Gasteiger partial charge on any atom is -0.222 e. The molecule has 1 aliphatic rings. The quantitative estimate of drug-likeness (QED) is 0.492. The molecule has 1 aromatic heterocycles. The van der Waals surface area contributed by atoms with Gasteiger partial charge in [0.25, 0.3) is 0 Å². The Morgan fingerprint density at radius 3 is 2.85 bits per heavy atom. The van der Waals surface area contributed by atoms with Crippen molar-refractivity contribution in [1.82, 2.24) is 9.97 Å². The highest BCUT2D eigenvalue weighted by Gasteiger charge is 2.21. The van der Waals surface area contributed by atoms with Crippen molar-refractivity contribution in [2.45, 2.75) is 32.1 Å². The number of rotatable bonds is 0. The molecular weight excluding hydrogens is 207 g/mol. The first-order valence-corrected chi connectivity index (χ1v) is 5.16. The van der Waals surface area contributed by atoms with Crippen molar-refractivity contribution in [3.05, 3.63) is 21.7 Å². The Hall–Kier alpha value is -0.340. The van der Waals surface area contributed by atoms with Crippen molar-refractivity contribution < 1.29 is 0 Å². The van der Waals surface area contributed by atoms with E-state index in [-0.39, 0.29) is 5.28 Å². The Morgan fingerprint density at radius 1 is 1.31 bits per heavy atom. The summed E-state index contributed by atoms with van der Waals surface area (Å²) in [5, 5.41) is 0.791. The van der Waals surface area contributed by atoms with E-state index in [4.69, 9.17) is 23.2 Å². The number of fused-ring (bicyclic) bond motifs is 1. The summed E-state index contributed by atoms with van der Waals surface area (Å²) in [6, 6.07) is 0. The van der Waals surface area contributed by atoms with E-state index >= 15 is 0 Å². The summed E-state index contributed by atoms with van der Waals surface area (Å²) in [6.45, 7) is 2.15. The van der Waals surface area contributed by atoms with Gasteiger partial charge in [-0.2, -0.15) is 0 Å². The van der Waals surface area contributed by atoms with Gasteiger partial charge in [-0.05, 0) is 36.8 Å². The molecule has 0 radical (unpaired) electrons. The van der Waals surface area contributed by atoms with E-state index in [1.807, 2.05) is 0 Å². The van der Waals surface area contributed by atoms with E-state index in [0.717, 1.165) is 24.1 Å². The number of hydrogen-bond acceptors (Lipinski definition) is 2. The second kappa shape index (κ2) is 3.43. The third kappa shape index (κ3) is 1.65. The highest BCUT2D eigenvalue weighted by molar-refractivity contribution is 6.32. The smallest absolute Gasteiger partial charge is 0.222 e. The van der Waals surface area contributed by atoms with Crippen LogP contribution in [-0.2, 0) is 6.42 Å². The molecule has 1 heterocycles. The van der Waals surface area contributed by atoms with Gasteiger partial charge in [-0.3, -0.25) is 0 Å². The molecule has 0 N–H and O–H groups in total. The van der Waals surface area contributed by atoms with E-state index in [0.29, 0.717) is 11.1 Å². The van der Waals surface area contributed by atoms with Gasteiger partial charge in [-0.25, -0.2) is 9.97 Å². The van der Waals surface area contributed by atoms with Crippen molar-refractivity contribution in [3.63, 3.8) is 0 Å². The molecule has 4 heteroatoms. The molecule has 0 saturated carbocycles. The van der Waals surface area contributed by atoms with Crippen LogP contribution in [0, 0.1) is 0 Å². The normalized spacial score (nSPS) is 21.3. The Labute approximate surface area is 87.3 Å². The first-order valence-electron chi connectivity index (χ1n) is 4.40. The van der Waals surface area contributed by atoms with Crippen molar-refractivity contribution in [3.8, 4) is 0 Å². The molecule has 0 fully saturated rings. The molecule has 0 amide bonds. The molecule has 0 saturated heterocycles. The van der Waals surface area contributed by atoms with Gasteiger partial charge in [0.15, 0.2) is 0 Å². The minimum absolute atomic E-state index is 0.262. The highest BCUT2D eigenvalue weighted by Crippen LogP contribution is 2.33. The second-order valence-corrected chi connectivity index (χ2v) is 4.14. The van der Waals surface area contributed by atoms with E-state index < -0.39 is 0 Å². The Bertz CT molecular complexity index is 339. The molecule has 1 aliphatic carbocycles. The largest absolute Gasteiger partial charge is 0.224 e. The third-order valence-corrected chi connectivity index (χ3v) is 2.97. The summed E-state index contributed by atoms with van der Waals surface area (Å²) >= 11 is 11.7. The van der Waals surface area contributed by atoms with E-state index in [2.05, 4.69) is 16.9 Å². The molecule has 1 atom stereocenters. The van der Waals surface area contributed by atoms with E-state index in [9.17, 15) is 0 Å². The van der Waals surface area contributed by atoms with Crippen molar-refractivity contribution in [2.75, 3.05) is 0 Å². The molecular formula is C9H10Cl2N2. The van der Waals surface area contributed by atoms with Crippen LogP contribution in [0.25, 0.3) is 0 Å². The highest BCUT2D eigenvalue weighted by atomic mass is 35.5. The Balaban J connectivity index is 2.56. The van der Waals surface area contributed by atoms with Gasteiger partial charge in [0.05, 0.1) is 5.69 Å². The summed E-state index contributed by atoms with van der Waals surface area (Å²) in [4.78, 5) is 8.17. The second-order valence-electron chi connectivity index (χ2n) is 3.44. The molecule has 13 heavy (non-hydrogen) atoms. The van der Waals surface area contributed by atoms with Crippen molar-refractivity contribution in [1.29, 1.82) is 0 Å². The average molecular weight is 217 g/mol. The molecule has 70 valence electrons. The molecule has 1 unspecified atom stereocenters. The number of hydrogen-bond donors (Lipinski definition) is 0. The van der Waals surface area contributed by atoms with Crippen LogP contribution in [-0.4, -0.2) is 9.97 Å². The maximum absolute atomic E-state index is 5.98. The lowest BCUT2D eigenvalue weighted by molar-refractivity contribution is 0.570. The maximum Gasteiger partial charge on any atom is 0.224 e. The first kappa shape index (κ1) is 9.22. The van der Waals surface area contributed by atoms with Gasteiger partial charge in [0.2, 0.25) is 5.28 Å². The third-order valence-electron chi connectivity index (χ3n) is 2.49. The van der Waals surface area contributed by atoms with Crippen LogP contribution in [0.3, 0.4) is 0 Å². The molecule has 0 spiro atoms. The van der Waals surface area contributed by atoms with E-state index in [1.165, 1.54) is 6.42 Å². The zero-order valence-corrected chi connectivity index (χ0v) is 8.86. The van der Waals surface area contributed by atoms with E-state index in [1.54, 1.807) is 0 Å². The topological polar surface area (TPSA) is 25.8 Å². The van der Waals surface area contributed by atoms with Gasteiger partial charge >= 0.3 is 0 Å². The van der Waals surface area contributed by atoms with Gasteiger partial charge in [-0.15, -0.1) is 0 Å². The van der Waals surface area contributed by atoms with Gasteiger partial charge in [-0.1, -0.05) is 18.5 Å². The van der Waals surface area contributed by atoms with Crippen molar-refractivity contribution >= 4 is 23.2 Å². The monoisotopic (exact) mass is 216 g/mol. The van der Waals surface area contributed by atoms with Gasteiger partial charge < -0.3 is 0 Å². The fraction of sp³-hybridized carbons (Fsp3) is 0.556. The van der Waals surface area contributed by atoms with Crippen LogP contribution in [0.2, 0.25) is 10.4 Å². The predicted molar refractivity (Wildman–Crippen MR) is 53.4 cm³/mol. The summed E-state index contributed by atoms with van der Waals surface area (Å²) in [7, 11) is 0. The summed E-state index contributed by atoms with van der Waals surface area (Å²) in [5.74, 6) is 0.460. The van der Waals surface area contributed by atoms with Crippen LogP contribution in [0.1, 0.15) is 36.9 Å². The van der Waals surface area contributed by atoms with Crippen LogP contribution in [0.15, 0.2) is 0 Å². The van der Waals surface area contributed by atoms with Gasteiger partial charge in [0.1, 0.15) is 5.15 Å². The number of halogens is 2. The zero-order chi connectivity index (χ0) is 9.42. The van der Waals surface area contributed by atoms with Crippen LogP contribution in [0.4, 0.5) is 0 Å². The standard InChI is InChI=1S/C9H10Cl2N2/c1-5-3-2-4-6-7(5)12-9(11)13-8(6)10/h5H,2-4H2,1H3. The van der Waals surface area contributed by atoms with Gasteiger partial charge in [0, 0.05) is 5.56 Å². The summed E-state index contributed by atoms with van der Waals surface area (Å²) < 4.78 is 0. The Morgan fingerprint density at radius 2 is 2.08 bits per heavy atom. The lowest BCUT2D eigenvalue weighted by Gasteiger charge is -2.21. The average Bonchev–Trinajstić information content (AvgIpc) is 2.07. The molecule has 0 bridgehead atoms. The fourth-order valence-corrected chi connectivity index (χ4v) is 2.30. The van der Waals surface area contributed by atoms with Crippen LogP contribution in [0.5, 0.6) is 0 Å².